The number of carbonyl (C=O) groups excluding carboxylic acids is 1. The van der Waals surface area contributed by atoms with Gasteiger partial charge in [-0.05, 0) is 39.3 Å². The Hall–Kier alpha value is -1.10. The third kappa shape index (κ3) is 4.00. The second-order valence-corrected chi connectivity index (χ2v) is 4.62. The highest BCUT2D eigenvalue weighted by molar-refractivity contribution is 5.86. The third-order valence-electron chi connectivity index (χ3n) is 3.16. The SMILES string of the molecule is CCCN1CCCC[C@@H]1C(=O)N[C@@H](C)C(=O)O. The number of carboxylic acids is 1. The number of carbonyl (C=O) groups is 2. The second-order valence-electron chi connectivity index (χ2n) is 4.62. The van der Waals surface area contributed by atoms with Crippen molar-refractivity contribution >= 4 is 11.9 Å². The molecule has 17 heavy (non-hydrogen) atoms. The van der Waals surface area contributed by atoms with Crippen molar-refractivity contribution in [1.82, 2.24) is 10.2 Å². The molecule has 98 valence electrons. The van der Waals surface area contributed by atoms with Gasteiger partial charge in [0, 0.05) is 0 Å². The summed E-state index contributed by atoms with van der Waals surface area (Å²) in [5.74, 6) is -1.13. The number of hydrogen-bond acceptors (Lipinski definition) is 3. The fourth-order valence-corrected chi connectivity index (χ4v) is 2.21. The average molecular weight is 242 g/mol. The van der Waals surface area contributed by atoms with Gasteiger partial charge in [0.05, 0.1) is 6.04 Å². The predicted molar refractivity (Wildman–Crippen MR) is 64.7 cm³/mol. The molecule has 0 unspecified atom stereocenters. The van der Waals surface area contributed by atoms with Crippen LogP contribution in [-0.2, 0) is 9.59 Å². The van der Waals surface area contributed by atoms with E-state index in [-0.39, 0.29) is 11.9 Å². The van der Waals surface area contributed by atoms with E-state index in [1.807, 2.05) is 0 Å². The third-order valence-corrected chi connectivity index (χ3v) is 3.16. The van der Waals surface area contributed by atoms with Crippen molar-refractivity contribution in [3.8, 4) is 0 Å². The molecule has 0 aromatic heterocycles. The summed E-state index contributed by atoms with van der Waals surface area (Å²) in [5.41, 5.74) is 0. The van der Waals surface area contributed by atoms with Gasteiger partial charge in [-0.25, -0.2) is 0 Å². The van der Waals surface area contributed by atoms with E-state index in [0.29, 0.717) is 0 Å². The van der Waals surface area contributed by atoms with Gasteiger partial charge in [0.1, 0.15) is 6.04 Å². The Kier molecular flexibility index (Phi) is 5.41. The highest BCUT2D eigenvalue weighted by Crippen LogP contribution is 2.17. The van der Waals surface area contributed by atoms with Crippen molar-refractivity contribution in [3.05, 3.63) is 0 Å². The molecular formula is C12H22N2O3. The zero-order valence-corrected chi connectivity index (χ0v) is 10.6. The van der Waals surface area contributed by atoms with E-state index in [1.165, 1.54) is 6.92 Å². The first kappa shape index (κ1) is 14.0. The number of piperidine rings is 1. The highest BCUT2D eigenvalue weighted by atomic mass is 16.4. The molecule has 0 aliphatic carbocycles. The van der Waals surface area contributed by atoms with Crippen molar-refractivity contribution in [2.75, 3.05) is 13.1 Å². The van der Waals surface area contributed by atoms with Crippen LogP contribution >= 0.6 is 0 Å². The summed E-state index contributed by atoms with van der Waals surface area (Å²) in [4.78, 5) is 24.8. The average Bonchev–Trinajstić information content (AvgIpc) is 2.29. The molecule has 0 radical (unpaired) electrons. The van der Waals surface area contributed by atoms with Crippen LogP contribution in [0.15, 0.2) is 0 Å². The van der Waals surface area contributed by atoms with Crippen LogP contribution in [0.3, 0.4) is 0 Å². The van der Waals surface area contributed by atoms with Crippen molar-refractivity contribution in [1.29, 1.82) is 0 Å². The van der Waals surface area contributed by atoms with Gasteiger partial charge in [-0.1, -0.05) is 13.3 Å². The molecule has 0 bridgehead atoms. The number of rotatable bonds is 5. The molecule has 0 aromatic rings. The van der Waals surface area contributed by atoms with Gasteiger partial charge in [-0.2, -0.15) is 0 Å². The maximum atomic E-state index is 12.0. The summed E-state index contributed by atoms with van der Waals surface area (Å²) >= 11 is 0. The van der Waals surface area contributed by atoms with Gasteiger partial charge in [-0.15, -0.1) is 0 Å². The van der Waals surface area contributed by atoms with Gasteiger partial charge in [0.2, 0.25) is 5.91 Å². The highest BCUT2D eigenvalue weighted by Gasteiger charge is 2.29. The van der Waals surface area contributed by atoms with E-state index in [4.69, 9.17) is 5.11 Å². The van der Waals surface area contributed by atoms with E-state index in [1.54, 1.807) is 0 Å². The Morgan fingerprint density at radius 1 is 1.47 bits per heavy atom. The topological polar surface area (TPSA) is 69.6 Å². The molecule has 0 saturated carbocycles. The van der Waals surface area contributed by atoms with Crippen LogP contribution < -0.4 is 5.32 Å². The van der Waals surface area contributed by atoms with Crippen LogP contribution in [0, 0.1) is 0 Å². The molecule has 5 heteroatoms. The van der Waals surface area contributed by atoms with Gasteiger partial charge in [0.25, 0.3) is 0 Å². The number of carboxylic acid groups (broad SMARTS) is 1. The van der Waals surface area contributed by atoms with Crippen LogP contribution in [0.5, 0.6) is 0 Å². The quantitative estimate of drug-likeness (QED) is 0.749. The van der Waals surface area contributed by atoms with Crippen LogP contribution in [0.1, 0.15) is 39.5 Å². The van der Waals surface area contributed by atoms with Gasteiger partial charge < -0.3 is 10.4 Å². The second kappa shape index (κ2) is 6.59. The predicted octanol–water partition coefficient (Wildman–Crippen LogP) is 0.840. The first-order valence-electron chi connectivity index (χ1n) is 6.33. The summed E-state index contributed by atoms with van der Waals surface area (Å²) in [6.07, 6.45) is 4.01. The summed E-state index contributed by atoms with van der Waals surface area (Å²) < 4.78 is 0. The fraction of sp³-hybridized carbons (Fsp3) is 0.833. The largest absolute Gasteiger partial charge is 0.480 e. The first-order valence-corrected chi connectivity index (χ1v) is 6.33. The number of likely N-dealkylation sites (tertiary alicyclic amines) is 1. The lowest BCUT2D eigenvalue weighted by Gasteiger charge is -2.34. The molecule has 1 rings (SSSR count). The van der Waals surface area contributed by atoms with E-state index in [2.05, 4.69) is 17.1 Å². The standard InChI is InChI=1S/C12H22N2O3/c1-3-7-14-8-5-4-6-10(14)11(15)13-9(2)12(16)17/h9-10H,3-8H2,1-2H3,(H,13,15)(H,16,17)/t9-,10+/m0/s1. The number of hydrogen-bond donors (Lipinski definition) is 2. The van der Waals surface area contributed by atoms with Crippen LogP contribution in [0.2, 0.25) is 0 Å². The molecule has 2 N–H and O–H groups in total. The summed E-state index contributed by atoms with van der Waals surface area (Å²) in [5, 5.41) is 11.3. The Labute approximate surface area is 102 Å². The van der Waals surface area contributed by atoms with Crippen molar-refractivity contribution in [3.63, 3.8) is 0 Å². The minimum Gasteiger partial charge on any atom is -0.480 e. The maximum Gasteiger partial charge on any atom is 0.325 e. The maximum absolute atomic E-state index is 12.0. The Morgan fingerprint density at radius 2 is 2.18 bits per heavy atom. The van der Waals surface area contributed by atoms with Gasteiger partial charge in [-0.3, -0.25) is 14.5 Å². The van der Waals surface area contributed by atoms with Crippen molar-refractivity contribution in [2.24, 2.45) is 0 Å². The summed E-state index contributed by atoms with van der Waals surface area (Å²) in [6.45, 7) is 5.42. The van der Waals surface area contributed by atoms with E-state index in [0.717, 1.165) is 38.8 Å². The van der Waals surface area contributed by atoms with Crippen LogP contribution in [0.4, 0.5) is 0 Å². The summed E-state index contributed by atoms with van der Waals surface area (Å²) in [6, 6.07) is -0.960. The Morgan fingerprint density at radius 3 is 2.76 bits per heavy atom. The number of aliphatic carboxylic acids is 1. The molecule has 1 aliphatic heterocycles. The van der Waals surface area contributed by atoms with Crippen molar-refractivity contribution < 1.29 is 14.7 Å². The van der Waals surface area contributed by atoms with E-state index < -0.39 is 12.0 Å². The number of nitrogens with one attached hydrogen (secondary N) is 1. The first-order chi connectivity index (χ1) is 8.06. The molecule has 1 heterocycles. The van der Waals surface area contributed by atoms with E-state index in [9.17, 15) is 9.59 Å². The fourth-order valence-electron chi connectivity index (χ4n) is 2.21. The van der Waals surface area contributed by atoms with Gasteiger partial charge in [0.15, 0.2) is 0 Å². The van der Waals surface area contributed by atoms with E-state index >= 15 is 0 Å². The Balaban J connectivity index is 2.55. The smallest absolute Gasteiger partial charge is 0.325 e. The number of nitrogens with zero attached hydrogens (tertiary/aromatic N) is 1. The Bertz CT molecular complexity index is 279. The molecule has 5 nitrogen and oxygen atoms in total. The normalized spacial score (nSPS) is 23.1. The van der Waals surface area contributed by atoms with Crippen LogP contribution in [0.25, 0.3) is 0 Å². The zero-order chi connectivity index (χ0) is 12.8. The molecular weight excluding hydrogens is 220 g/mol. The lowest BCUT2D eigenvalue weighted by Crippen LogP contribution is -2.52. The molecule has 0 spiro atoms. The summed E-state index contributed by atoms with van der Waals surface area (Å²) in [7, 11) is 0. The minimum atomic E-state index is -0.990. The lowest BCUT2D eigenvalue weighted by atomic mass is 10.0. The minimum absolute atomic E-state index is 0.145. The monoisotopic (exact) mass is 242 g/mol. The lowest BCUT2D eigenvalue weighted by molar-refractivity contribution is -0.142. The van der Waals surface area contributed by atoms with Crippen LogP contribution in [-0.4, -0.2) is 47.1 Å². The zero-order valence-electron chi connectivity index (χ0n) is 10.6. The molecule has 0 aromatic carbocycles. The van der Waals surface area contributed by atoms with Crippen molar-refractivity contribution in [2.45, 2.75) is 51.6 Å². The van der Waals surface area contributed by atoms with Gasteiger partial charge >= 0.3 is 5.97 Å². The number of amides is 1. The molecule has 2 atom stereocenters. The molecule has 1 amide bonds. The molecule has 1 saturated heterocycles. The molecule has 1 aliphatic rings. The molecule has 1 fully saturated rings.